The van der Waals surface area contributed by atoms with Crippen molar-refractivity contribution in [3.63, 3.8) is 0 Å². The maximum atomic E-state index is 12.2. The number of ether oxygens (including phenoxy) is 1. The minimum Gasteiger partial charge on any atom is -0.489 e. The van der Waals surface area contributed by atoms with Gasteiger partial charge in [-0.15, -0.1) is 0 Å². The van der Waals surface area contributed by atoms with Crippen LogP contribution >= 0.6 is 0 Å². The Morgan fingerprint density at radius 3 is 2.29 bits per heavy atom. The first kappa shape index (κ1) is 14.1. The number of nitrogens with zero attached hydrogens (tertiary/aromatic N) is 1. The molecule has 0 saturated carbocycles. The van der Waals surface area contributed by atoms with Crippen LogP contribution in [0, 0.1) is 0 Å². The molecule has 1 fully saturated rings. The van der Waals surface area contributed by atoms with Crippen LogP contribution in [-0.4, -0.2) is 25.3 Å². The van der Waals surface area contributed by atoms with Crippen molar-refractivity contribution in [3.05, 3.63) is 60.2 Å². The predicted octanol–water partition coefficient (Wildman–Crippen LogP) is 2.66. The highest BCUT2D eigenvalue weighted by molar-refractivity contribution is 7.89. The maximum absolute atomic E-state index is 12.2. The normalized spacial score (nSPS) is 21.0. The lowest BCUT2D eigenvalue weighted by atomic mass is 10.2. The van der Waals surface area contributed by atoms with Crippen LogP contribution < -0.4 is 4.74 Å². The highest BCUT2D eigenvalue weighted by Crippen LogP contribution is 2.28. The minimum absolute atomic E-state index is 0.115. The summed E-state index contributed by atoms with van der Waals surface area (Å²) in [7, 11) is -3.32. The Kier molecular flexibility index (Phi) is 3.69. The number of rotatable bonds is 5. The fraction of sp³-hybridized carbons (Fsp3) is 0.250. The van der Waals surface area contributed by atoms with E-state index in [0.717, 1.165) is 5.56 Å². The van der Waals surface area contributed by atoms with E-state index in [1.54, 1.807) is 24.3 Å². The number of sulfonamides is 1. The molecule has 0 aromatic heterocycles. The van der Waals surface area contributed by atoms with Gasteiger partial charge in [0.2, 0.25) is 10.0 Å². The van der Waals surface area contributed by atoms with Crippen molar-refractivity contribution in [1.82, 2.24) is 4.31 Å². The van der Waals surface area contributed by atoms with Crippen molar-refractivity contribution in [2.45, 2.75) is 24.5 Å². The molecule has 1 aliphatic rings. The average Bonchev–Trinajstić information content (AvgIpc) is 3.25. The van der Waals surface area contributed by atoms with Gasteiger partial charge >= 0.3 is 0 Å². The number of hydrogen-bond acceptors (Lipinski definition) is 3. The van der Waals surface area contributed by atoms with Crippen LogP contribution in [-0.2, 0) is 16.6 Å². The monoisotopic (exact) mass is 303 g/mol. The van der Waals surface area contributed by atoms with E-state index in [9.17, 15) is 8.42 Å². The summed E-state index contributed by atoms with van der Waals surface area (Å²) < 4.78 is 31.5. The van der Waals surface area contributed by atoms with Crippen LogP contribution in [0.5, 0.6) is 5.75 Å². The predicted molar refractivity (Wildman–Crippen MR) is 80.6 cm³/mol. The second-order valence-electron chi connectivity index (χ2n) is 5.17. The maximum Gasteiger partial charge on any atom is 0.243 e. The molecule has 3 rings (SSSR count). The summed E-state index contributed by atoms with van der Waals surface area (Å²) in [5.74, 6) is 0.664. The standard InChI is InChI=1S/C16H17NO3S/c1-13-11-17(13)21(18,19)16-9-7-15(8-10-16)20-12-14-5-3-2-4-6-14/h2-10,13H,11-12H2,1H3. The van der Waals surface area contributed by atoms with Gasteiger partial charge in [0.05, 0.1) is 4.90 Å². The van der Waals surface area contributed by atoms with Gasteiger partial charge < -0.3 is 4.74 Å². The van der Waals surface area contributed by atoms with E-state index < -0.39 is 10.0 Å². The Bertz CT molecular complexity index is 711. The molecule has 21 heavy (non-hydrogen) atoms. The van der Waals surface area contributed by atoms with Gasteiger partial charge in [-0.1, -0.05) is 30.3 Å². The molecule has 0 aliphatic carbocycles. The van der Waals surface area contributed by atoms with E-state index in [-0.39, 0.29) is 6.04 Å². The molecule has 2 aromatic carbocycles. The van der Waals surface area contributed by atoms with Crippen LogP contribution in [0.25, 0.3) is 0 Å². The molecule has 0 spiro atoms. The van der Waals surface area contributed by atoms with Crippen LogP contribution in [0.2, 0.25) is 0 Å². The van der Waals surface area contributed by atoms with Crippen molar-refractivity contribution in [1.29, 1.82) is 0 Å². The van der Waals surface area contributed by atoms with Crippen LogP contribution in [0.4, 0.5) is 0 Å². The highest BCUT2D eigenvalue weighted by atomic mass is 32.2. The van der Waals surface area contributed by atoms with E-state index in [2.05, 4.69) is 0 Å². The third-order valence-corrected chi connectivity index (χ3v) is 5.48. The Balaban J connectivity index is 1.67. The third-order valence-electron chi connectivity index (χ3n) is 3.48. The summed E-state index contributed by atoms with van der Waals surface area (Å²) in [4.78, 5) is 0.318. The zero-order chi connectivity index (χ0) is 14.9. The zero-order valence-corrected chi connectivity index (χ0v) is 12.6. The third kappa shape index (κ3) is 3.09. The van der Waals surface area contributed by atoms with Gasteiger partial charge in [0, 0.05) is 12.6 Å². The summed E-state index contributed by atoms with van der Waals surface area (Å²) in [6.07, 6.45) is 0. The van der Waals surface area contributed by atoms with Crippen molar-refractivity contribution in [2.75, 3.05) is 6.54 Å². The van der Waals surface area contributed by atoms with E-state index in [1.807, 2.05) is 37.3 Å². The smallest absolute Gasteiger partial charge is 0.243 e. The van der Waals surface area contributed by atoms with Crippen molar-refractivity contribution in [3.8, 4) is 5.75 Å². The Morgan fingerprint density at radius 1 is 1.10 bits per heavy atom. The quantitative estimate of drug-likeness (QED) is 0.798. The lowest BCUT2D eigenvalue weighted by molar-refractivity contribution is 0.306. The molecule has 2 unspecified atom stereocenters. The zero-order valence-electron chi connectivity index (χ0n) is 11.8. The fourth-order valence-electron chi connectivity index (χ4n) is 2.13. The number of hydrogen-bond donors (Lipinski definition) is 0. The Labute approximate surface area is 125 Å². The lowest BCUT2D eigenvalue weighted by Crippen LogP contribution is -2.13. The summed E-state index contributed by atoms with van der Waals surface area (Å²) in [5.41, 5.74) is 1.08. The Hall–Kier alpha value is -1.85. The van der Waals surface area contributed by atoms with E-state index in [0.29, 0.717) is 23.8 Å². The topological polar surface area (TPSA) is 46.4 Å². The average molecular weight is 303 g/mol. The second kappa shape index (κ2) is 5.50. The SMILES string of the molecule is CC1CN1S(=O)(=O)c1ccc(OCc2ccccc2)cc1. The molecule has 1 aliphatic heterocycles. The molecule has 0 amide bonds. The van der Waals surface area contributed by atoms with E-state index in [4.69, 9.17) is 4.74 Å². The molecule has 0 radical (unpaired) electrons. The summed E-state index contributed by atoms with van der Waals surface area (Å²) in [6, 6.07) is 16.6. The minimum atomic E-state index is -3.32. The second-order valence-corrected chi connectivity index (χ2v) is 7.06. The fourth-order valence-corrected chi connectivity index (χ4v) is 3.77. The van der Waals surface area contributed by atoms with Crippen molar-refractivity contribution in [2.24, 2.45) is 0 Å². The lowest BCUT2D eigenvalue weighted by Gasteiger charge is -2.08. The van der Waals surface area contributed by atoms with E-state index in [1.165, 1.54) is 4.31 Å². The molecule has 2 atom stereocenters. The van der Waals surface area contributed by atoms with Gasteiger partial charge in [0.25, 0.3) is 0 Å². The van der Waals surface area contributed by atoms with Crippen molar-refractivity contribution >= 4 is 10.0 Å². The highest BCUT2D eigenvalue weighted by Gasteiger charge is 2.41. The van der Waals surface area contributed by atoms with E-state index >= 15 is 0 Å². The first-order chi connectivity index (χ1) is 10.1. The molecule has 1 saturated heterocycles. The molecule has 4 nitrogen and oxygen atoms in total. The molecule has 2 aromatic rings. The van der Waals surface area contributed by atoms with Gasteiger partial charge in [-0.2, -0.15) is 4.31 Å². The number of benzene rings is 2. The molecule has 0 N–H and O–H groups in total. The molecule has 5 heteroatoms. The summed E-state index contributed by atoms with van der Waals surface area (Å²) in [6.45, 7) is 2.97. The molecule has 110 valence electrons. The Morgan fingerprint density at radius 2 is 1.71 bits per heavy atom. The van der Waals surface area contributed by atoms with Crippen LogP contribution in [0.1, 0.15) is 12.5 Å². The van der Waals surface area contributed by atoms with Gasteiger partial charge in [-0.05, 0) is 36.8 Å². The summed E-state index contributed by atoms with van der Waals surface area (Å²) in [5, 5.41) is 0. The van der Waals surface area contributed by atoms with Crippen LogP contribution in [0.15, 0.2) is 59.5 Å². The molecular weight excluding hydrogens is 286 g/mol. The van der Waals surface area contributed by atoms with Crippen molar-refractivity contribution < 1.29 is 13.2 Å². The molecule has 0 bridgehead atoms. The van der Waals surface area contributed by atoms with Gasteiger partial charge in [0.1, 0.15) is 12.4 Å². The molecular formula is C16H17NO3S. The first-order valence-corrected chi connectivity index (χ1v) is 8.30. The largest absolute Gasteiger partial charge is 0.489 e. The first-order valence-electron chi connectivity index (χ1n) is 6.86. The summed E-state index contributed by atoms with van der Waals surface area (Å²) >= 11 is 0. The van der Waals surface area contributed by atoms with Crippen LogP contribution in [0.3, 0.4) is 0 Å². The molecule has 1 heterocycles. The van der Waals surface area contributed by atoms with Gasteiger partial charge in [-0.3, -0.25) is 0 Å². The van der Waals surface area contributed by atoms with Gasteiger partial charge in [-0.25, -0.2) is 8.42 Å². The van der Waals surface area contributed by atoms with Gasteiger partial charge in [0.15, 0.2) is 0 Å².